The molecule has 0 radical (unpaired) electrons. The second-order valence-electron chi connectivity index (χ2n) is 3.78. The average Bonchev–Trinajstić information content (AvgIpc) is 2.28. The van der Waals surface area contributed by atoms with Crippen LogP contribution in [0.25, 0.3) is 0 Å². The smallest absolute Gasteiger partial charge is 0.120 e. The number of halogens is 1. The van der Waals surface area contributed by atoms with E-state index in [1.54, 1.807) is 6.07 Å². The first-order valence-corrected chi connectivity index (χ1v) is 6.36. The summed E-state index contributed by atoms with van der Waals surface area (Å²) in [5.74, 6) is 0.356. The molecule has 0 spiro atoms. The van der Waals surface area contributed by atoms with Crippen LogP contribution in [0.15, 0.2) is 22.7 Å². The van der Waals surface area contributed by atoms with E-state index in [0.717, 1.165) is 36.1 Å². The number of nitrogens with zero attached hydrogens (tertiary/aromatic N) is 1. The van der Waals surface area contributed by atoms with Crippen LogP contribution in [0.1, 0.15) is 18.9 Å². The molecule has 0 saturated heterocycles. The highest BCUT2D eigenvalue weighted by Crippen LogP contribution is 2.23. The number of aromatic hydroxyl groups is 1. The van der Waals surface area contributed by atoms with Crippen molar-refractivity contribution >= 4 is 15.9 Å². The van der Waals surface area contributed by atoms with Crippen LogP contribution in [0.2, 0.25) is 0 Å². The minimum Gasteiger partial charge on any atom is -0.508 e. The standard InChI is InChI=1S/C12H19BrN2O/c1-2-15(7-3-6-14)9-10-8-11(13)4-5-12(10)16/h4-5,8,16H,2-3,6-7,9,14H2,1H3. The minimum absolute atomic E-state index is 0.356. The van der Waals surface area contributed by atoms with Crippen molar-refractivity contribution in [3.05, 3.63) is 28.2 Å². The fraction of sp³-hybridized carbons (Fsp3) is 0.500. The fourth-order valence-electron chi connectivity index (χ4n) is 1.59. The summed E-state index contributed by atoms with van der Waals surface area (Å²) in [7, 11) is 0. The van der Waals surface area contributed by atoms with Gasteiger partial charge in [0.2, 0.25) is 0 Å². The van der Waals surface area contributed by atoms with E-state index in [-0.39, 0.29) is 0 Å². The van der Waals surface area contributed by atoms with Gasteiger partial charge in [-0.05, 0) is 44.3 Å². The van der Waals surface area contributed by atoms with Crippen LogP contribution >= 0.6 is 15.9 Å². The lowest BCUT2D eigenvalue weighted by Crippen LogP contribution is -2.25. The van der Waals surface area contributed by atoms with Crippen LogP contribution in [-0.2, 0) is 6.54 Å². The Hall–Kier alpha value is -0.580. The molecule has 0 atom stereocenters. The molecule has 0 aromatic heterocycles. The van der Waals surface area contributed by atoms with Crippen LogP contribution in [-0.4, -0.2) is 29.6 Å². The summed E-state index contributed by atoms with van der Waals surface area (Å²) in [6, 6.07) is 5.52. The predicted molar refractivity (Wildman–Crippen MR) is 70.4 cm³/mol. The van der Waals surface area contributed by atoms with E-state index in [1.165, 1.54) is 0 Å². The van der Waals surface area contributed by atoms with Gasteiger partial charge in [0, 0.05) is 16.6 Å². The Bertz CT molecular complexity index is 331. The molecule has 0 heterocycles. The Morgan fingerprint density at radius 1 is 1.44 bits per heavy atom. The third-order valence-corrected chi connectivity index (χ3v) is 3.05. The molecular weight excluding hydrogens is 268 g/mol. The molecule has 0 fully saturated rings. The Balaban J connectivity index is 2.65. The molecule has 0 saturated carbocycles. The molecule has 90 valence electrons. The maximum Gasteiger partial charge on any atom is 0.120 e. The third-order valence-electron chi connectivity index (χ3n) is 2.56. The largest absolute Gasteiger partial charge is 0.508 e. The molecule has 0 aliphatic heterocycles. The zero-order chi connectivity index (χ0) is 12.0. The van der Waals surface area contributed by atoms with Gasteiger partial charge in [-0.25, -0.2) is 0 Å². The maximum absolute atomic E-state index is 9.73. The van der Waals surface area contributed by atoms with E-state index < -0.39 is 0 Å². The summed E-state index contributed by atoms with van der Waals surface area (Å²) in [5.41, 5.74) is 6.45. The van der Waals surface area contributed by atoms with Gasteiger partial charge < -0.3 is 10.8 Å². The van der Waals surface area contributed by atoms with E-state index >= 15 is 0 Å². The summed E-state index contributed by atoms with van der Waals surface area (Å²) in [6.07, 6.45) is 0.989. The zero-order valence-electron chi connectivity index (χ0n) is 9.62. The number of rotatable bonds is 6. The topological polar surface area (TPSA) is 49.5 Å². The Labute approximate surface area is 105 Å². The number of hydrogen-bond donors (Lipinski definition) is 2. The van der Waals surface area contributed by atoms with Crippen molar-refractivity contribution in [1.82, 2.24) is 4.90 Å². The van der Waals surface area contributed by atoms with Gasteiger partial charge in [0.25, 0.3) is 0 Å². The first-order chi connectivity index (χ1) is 7.67. The second-order valence-corrected chi connectivity index (χ2v) is 4.70. The molecule has 0 bridgehead atoms. The highest BCUT2D eigenvalue weighted by molar-refractivity contribution is 9.10. The molecular formula is C12H19BrN2O. The quantitative estimate of drug-likeness (QED) is 0.844. The molecule has 4 heteroatoms. The predicted octanol–water partition coefficient (Wildman–Crippen LogP) is 2.33. The molecule has 0 aliphatic rings. The number of benzene rings is 1. The Morgan fingerprint density at radius 2 is 2.19 bits per heavy atom. The monoisotopic (exact) mass is 286 g/mol. The van der Waals surface area contributed by atoms with Gasteiger partial charge >= 0.3 is 0 Å². The maximum atomic E-state index is 9.73. The third kappa shape index (κ3) is 4.12. The van der Waals surface area contributed by atoms with Gasteiger partial charge in [0.1, 0.15) is 5.75 Å². The first kappa shape index (κ1) is 13.5. The number of phenolic OH excluding ortho intramolecular Hbond substituents is 1. The van der Waals surface area contributed by atoms with E-state index in [1.807, 2.05) is 12.1 Å². The summed E-state index contributed by atoms with van der Waals surface area (Å²) in [5, 5.41) is 9.73. The van der Waals surface area contributed by atoms with Gasteiger partial charge in [0.05, 0.1) is 0 Å². The van der Waals surface area contributed by atoms with E-state index in [0.29, 0.717) is 12.3 Å². The summed E-state index contributed by atoms with van der Waals surface area (Å²) < 4.78 is 0.996. The molecule has 16 heavy (non-hydrogen) atoms. The molecule has 0 amide bonds. The van der Waals surface area contributed by atoms with Crippen LogP contribution in [0.3, 0.4) is 0 Å². The van der Waals surface area contributed by atoms with Crippen molar-refractivity contribution in [2.24, 2.45) is 5.73 Å². The van der Waals surface area contributed by atoms with E-state index in [9.17, 15) is 5.11 Å². The lowest BCUT2D eigenvalue weighted by molar-refractivity contribution is 0.274. The number of hydrogen-bond acceptors (Lipinski definition) is 3. The second kappa shape index (κ2) is 6.89. The zero-order valence-corrected chi connectivity index (χ0v) is 11.2. The number of nitrogens with two attached hydrogens (primary N) is 1. The highest BCUT2D eigenvalue weighted by atomic mass is 79.9. The first-order valence-electron chi connectivity index (χ1n) is 5.57. The minimum atomic E-state index is 0.356. The lowest BCUT2D eigenvalue weighted by atomic mass is 10.2. The summed E-state index contributed by atoms with van der Waals surface area (Å²) in [6.45, 7) is 5.53. The van der Waals surface area contributed by atoms with Gasteiger partial charge in [-0.3, -0.25) is 4.90 Å². The summed E-state index contributed by atoms with van der Waals surface area (Å²) >= 11 is 3.41. The van der Waals surface area contributed by atoms with Gasteiger partial charge in [-0.15, -0.1) is 0 Å². The average molecular weight is 287 g/mol. The van der Waals surface area contributed by atoms with Crippen LogP contribution < -0.4 is 5.73 Å². The fourth-order valence-corrected chi connectivity index (χ4v) is 1.99. The van der Waals surface area contributed by atoms with Crippen molar-refractivity contribution in [3.8, 4) is 5.75 Å². The number of phenols is 1. The van der Waals surface area contributed by atoms with Crippen LogP contribution in [0.4, 0.5) is 0 Å². The molecule has 3 nitrogen and oxygen atoms in total. The molecule has 1 aromatic rings. The SMILES string of the molecule is CCN(CCCN)Cc1cc(Br)ccc1O. The van der Waals surface area contributed by atoms with Crippen molar-refractivity contribution in [3.63, 3.8) is 0 Å². The Kier molecular flexibility index (Phi) is 5.80. The van der Waals surface area contributed by atoms with Gasteiger partial charge in [-0.2, -0.15) is 0 Å². The van der Waals surface area contributed by atoms with Crippen molar-refractivity contribution in [1.29, 1.82) is 0 Å². The van der Waals surface area contributed by atoms with Gasteiger partial charge in [0.15, 0.2) is 0 Å². The molecule has 3 N–H and O–H groups in total. The molecule has 0 unspecified atom stereocenters. The lowest BCUT2D eigenvalue weighted by Gasteiger charge is -2.20. The van der Waals surface area contributed by atoms with Crippen LogP contribution in [0.5, 0.6) is 5.75 Å². The van der Waals surface area contributed by atoms with E-state index in [2.05, 4.69) is 27.8 Å². The van der Waals surface area contributed by atoms with Crippen molar-refractivity contribution in [2.45, 2.75) is 19.9 Å². The summed E-state index contributed by atoms with van der Waals surface area (Å²) in [4.78, 5) is 2.27. The van der Waals surface area contributed by atoms with Crippen molar-refractivity contribution in [2.75, 3.05) is 19.6 Å². The molecule has 1 rings (SSSR count). The molecule has 0 aliphatic carbocycles. The van der Waals surface area contributed by atoms with Crippen molar-refractivity contribution < 1.29 is 5.11 Å². The van der Waals surface area contributed by atoms with E-state index in [4.69, 9.17) is 5.73 Å². The molecule has 1 aromatic carbocycles. The van der Waals surface area contributed by atoms with Crippen LogP contribution in [0, 0.1) is 0 Å². The normalized spacial score (nSPS) is 11.0. The highest BCUT2D eigenvalue weighted by Gasteiger charge is 2.07. The Morgan fingerprint density at radius 3 is 2.81 bits per heavy atom. The van der Waals surface area contributed by atoms with Gasteiger partial charge in [-0.1, -0.05) is 22.9 Å².